The number of thiophene rings is 2. The number of nitrogens with two attached hydrogens (primary N) is 1. The van der Waals surface area contributed by atoms with Gasteiger partial charge in [-0.25, -0.2) is 4.98 Å². The van der Waals surface area contributed by atoms with Gasteiger partial charge in [0.2, 0.25) is 0 Å². The molecule has 0 atom stereocenters. The molecule has 3 rings (SSSR count). The standard InChI is InChI=1S/C17H16N4OS2/c1-7-5-8(2)20-17-12(7)13(19)14(24-17)15(22)21-16-11(6-18)9(3)10(4)23-16/h5H,19H2,1-4H3,(H,21,22). The van der Waals surface area contributed by atoms with Crippen LogP contribution in [0.2, 0.25) is 0 Å². The van der Waals surface area contributed by atoms with Crippen molar-refractivity contribution in [3.05, 3.63) is 38.2 Å². The van der Waals surface area contributed by atoms with Crippen LogP contribution < -0.4 is 11.1 Å². The first kappa shape index (κ1) is 16.4. The van der Waals surface area contributed by atoms with Crippen LogP contribution in [-0.4, -0.2) is 10.9 Å². The minimum absolute atomic E-state index is 0.301. The number of carbonyl (C=O) groups is 1. The molecule has 0 unspecified atom stereocenters. The van der Waals surface area contributed by atoms with Crippen LogP contribution in [0.15, 0.2) is 6.07 Å². The molecule has 0 bridgehead atoms. The first-order valence-electron chi connectivity index (χ1n) is 7.31. The molecular weight excluding hydrogens is 340 g/mol. The van der Waals surface area contributed by atoms with Gasteiger partial charge in [0.1, 0.15) is 20.8 Å². The van der Waals surface area contributed by atoms with Gasteiger partial charge in [-0.05, 0) is 44.9 Å². The van der Waals surface area contributed by atoms with Crippen molar-refractivity contribution in [2.24, 2.45) is 0 Å². The fraction of sp³-hybridized carbons (Fsp3) is 0.235. The number of pyridine rings is 1. The molecule has 3 heterocycles. The number of nitriles is 1. The molecule has 0 aliphatic heterocycles. The molecule has 5 nitrogen and oxygen atoms in total. The molecule has 7 heteroatoms. The second-order valence-electron chi connectivity index (χ2n) is 5.66. The molecule has 0 aliphatic carbocycles. The maximum absolute atomic E-state index is 12.7. The lowest BCUT2D eigenvalue weighted by atomic mass is 10.1. The van der Waals surface area contributed by atoms with Gasteiger partial charge >= 0.3 is 0 Å². The first-order chi connectivity index (χ1) is 11.3. The number of rotatable bonds is 2. The average molecular weight is 356 g/mol. The van der Waals surface area contributed by atoms with Crippen LogP contribution in [0.25, 0.3) is 10.2 Å². The number of fused-ring (bicyclic) bond motifs is 1. The Labute approximate surface area is 147 Å². The van der Waals surface area contributed by atoms with Gasteiger partial charge in [-0.3, -0.25) is 4.79 Å². The van der Waals surface area contributed by atoms with E-state index in [4.69, 9.17) is 5.73 Å². The molecule has 3 aromatic rings. The van der Waals surface area contributed by atoms with Crippen LogP contribution in [0, 0.1) is 39.0 Å². The molecule has 1 amide bonds. The number of amides is 1. The summed E-state index contributed by atoms with van der Waals surface area (Å²) in [5, 5.41) is 13.5. The summed E-state index contributed by atoms with van der Waals surface area (Å²) in [6.07, 6.45) is 0. The normalized spacial score (nSPS) is 10.8. The van der Waals surface area contributed by atoms with Gasteiger partial charge in [0, 0.05) is 16.0 Å². The van der Waals surface area contributed by atoms with Gasteiger partial charge in [0.25, 0.3) is 5.91 Å². The summed E-state index contributed by atoms with van der Waals surface area (Å²) in [4.78, 5) is 19.3. The van der Waals surface area contributed by atoms with E-state index >= 15 is 0 Å². The van der Waals surface area contributed by atoms with E-state index in [0.717, 1.165) is 31.9 Å². The molecule has 0 aliphatic rings. The van der Waals surface area contributed by atoms with Crippen molar-refractivity contribution in [3.63, 3.8) is 0 Å². The number of aromatic nitrogens is 1. The number of anilines is 2. The van der Waals surface area contributed by atoms with Crippen LogP contribution in [0.1, 0.15) is 36.9 Å². The van der Waals surface area contributed by atoms with Gasteiger partial charge in [0.15, 0.2) is 0 Å². The van der Waals surface area contributed by atoms with Crippen LogP contribution in [0.5, 0.6) is 0 Å². The van der Waals surface area contributed by atoms with Crippen molar-refractivity contribution in [2.75, 3.05) is 11.1 Å². The molecule has 24 heavy (non-hydrogen) atoms. The number of nitrogens with zero attached hydrogens (tertiary/aromatic N) is 2. The summed E-state index contributed by atoms with van der Waals surface area (Å²) >= 11 is 2.68. The Bertz CT molecular complexity index is 1020. The van der Waals surface area contributed by atoms with E-state index in [1.54, 1.807) is 0 Å². The van der Waals surface area contributed by atoms with Crippen molar-refractivity contribution < 1.29 is 4.79 Å². The highest BCUT2D eigenvalue weighted by molar-refractivity contribution is 7.21. The third kappa shape index (κ3) is 2.54. The predicted octanol–water partition coefficient (Wildman–Crippen LogP) is 4.30. The highest BCUT2D eigenvalue weighted by Gasteiger charge is 2.21. The number of hydrogen-bond donors (Lipinski definition) is 2. The van der Waals surface area contributed by atoms with Crippen LogP contribution in [0.3, 0.4) is 0 Å². The molecule has 0 aromatic carbocycles. The molecule has 0 radical (unpaired) electrons. The van der Waals surface area contributed by atoms with E-state index in [1.165, 1.54) is 22.7 Å². The summed E-state index contributed by atoms with van der Waals surface area (Å²) in [6.45, 7) is 7.68. The summed E-state index contributed by atoms with van der Waals surface area (Å²) in [5.74, 6) is -0.301. The monoisotopic (exact) mass is 356 g/mol. The second kappa shape index (κ2) is 5.89. The maximum Gasteiger partial charge on any atom is 0.268 e. The Morgan fingerprint density at radius 2 is 2.00 bits per heavy atom. The van der Waals surface area contributed by atoms with Crippen molar-refractivity contribution in [3.8, 4) is 6.07 Å². The molecule has 0 spiro atoms. The fourth-order valence-electron chi connectivity index (χ4n) is 2.65. The van der Waals surface area contributed by atoms with Gasteiger partial charge in [-0.2, -0.15) is 5.26 Å². The molecular formula is C17H16N4OS2. The lowest BCUT2D eigenvalue weighted by molar-refractivity contribution is 0.103. The molecule has 3 N–H and O–H groups in total. The van der Waals surface area contributed by atoms with Crippen LogP contribution >= 0.6 is 22.7 Å². The first-order valence-corrected chi connectivity index (χ1v) is 8.94. The molecule has 0 saturated carbocycles. The summed E-state index contributed by atoms with van der Waals surface area (Å²) < 4.78 is 0. The average Bonchev–Trinajstić information content (AvgIpc) is 2.97. The smallest absolute Gasteiger partial charge is 0.268 e. The summed E-state index contributed by atoms with van der Waals surface area (Å²) in [5.41, 5.74) is 9.95. The Morgan fingerprint density at radius 3 is 2.67 bits per heavy atom. The van der Waals surface area contributed by atoms with E-state index in [2.05, 4.69) is 16.4 Å². The zero-order valence-electron chi connectivity index (χ0n) is 13.8. The number of nitrogens with one attached hydrogen (secondary N) is 1. The molecule has 0 fully saturated rings. The summed E-state index contributed by atoms with van der Waals surface area (Å²) in [7, 11) is 0. The van der Waals surface area contributed by atoms with Crippen molar-refractivity contribution in [1.82, 2.24) is 4.98 Å². The molecule has 0 saturated heterocycles. The third-order valence-corrected chi connectivity index (χ3v) is 6.18. The maximum atomic E-state index is 12.7. The lowest BCUT2D eigenvalue weighted by Gasteiger charge is -2.03. The molecule has 122 valence electrons. The molecule has 3 aromatic heterocycles. The van der Waals surface area contributed by atoms with E-state index in [0.29, 0.717) is 21.1 Å². The fourth-order valence-corrected chi connectivity index (χ4v) is 4.76. The number of nitrogen functional groups attached to an aromatic ring is 1. The highest BCUT2D eigenvalue weighted by atomic mass is 32.1. The topological polar surface area (TPSA) is 91.8 Å². The minimum atomic E-state index is -0.301. The Kier molecular flexibility index (Phi) is 4.03. The Morgan fingerprint density at radius 1 is 1.29 bits per heavy atom. The number of carbonyl (C=O) groups excluding carboxylic acids is 1. The van der Waals surface area contributed by atoms with Gasteiger partial charge in [-0.15, -0.1) is 22.7 Å². The Balaban J connectivity index is 2.04. The zero-order chi connectivity index (χ0) is 17.6. The van der Waals surface area contributed by atoms with E-state index in [1.807, 2.05) is 33.8 Å². The van der Waals surface area contributed by atoms with Crippen LogP contribution in [-0.2, 0) is 0 Å². The van der Waals surface area contributed by atoms with Crippen molar-refractivity contribution in [1.29, 1.82) is 5.26 Å². The Hall–Kier alpha value is -2.43. The van der Waals surface area contributed by atoms with E-state index in [-0.39, 0.29) is 5.91 Å². The van der Waals surface area contributed by atoms with Crippen LogP contribution in [0.4, 0.5) is 10.7 Å². The van der Waals surface area contributed by atoms with Crippen molar-refractivity contribution in [2.45, 2.75) is 27.7 Å². The number of hydrogen-bond acceptors (Lipinski definition) is 6. The van der Waals surface area contributed by atoms with Crippen molar-refractivity contribution >= 4 is 49.5 Å². The van der Waals surface area contributed by atoms with Gasteiger partial charge < -0.3 is 11.1 Å². The van der Waals surface area contributed by atoms with Gasteiger partial charge in [-0.1, -0.05) is 0 Å². The SMILES string of the molecule is Cc1cc(C)c2c(N)c(C(=O)Nc3sc(C)c(C)c3C#N)sc2n1. The zero-order valence-corrected chi connectivity index (χ0v) is 15.4. The predicted molar refractivity (Wildman–Crippen MR) is 100.0 cm³/mol. The third-order valence-electron chi connectivity index (χ3n) is 3.95. The largest absolute Gasteiger partial charge is 0.397 e. The quantitative estimate of drug-likeness (QED) is 0.716. The number of aryl methyl sites for hydroxylation is 3. The van der Waals surface area contributed by atoms with E-state index < -0.39 is 0 Å². The van der Waals surface area contributed by atoms with Gasteiger partial charge in [0.05, 0.1) is 11.3 Å². The second-order valence-corrected chi connectivity index (χ2v) is 7.88. The lowest BCUT2D eigenvalue weighted by Crippen LogP contribution is -2.11. The summed E-state index contributed by atoms with van der Waals surface area (Å²) in [6, 6.07) is 4.11. The van der Waals surface area contributed by atoms with E-state index in [9.17, 15) is 10.1 Å². The minimum Gasteiger partial charge on any atom is -0.397 e. The highest BCUT2D eigenvalue weighted by Crippen LogP contribution is 2.37.